The second-order valence-corrected chi connectivity index (χ2v) is 8.98. The average molecular weight is 457 g/mol. The van der Waals surface area contributed by atoms with Crippen LogP contribution in [0.5, 0.6) is 0 Å². The number of piperidine rings is 1. The second kappa shape index (κ2) is 10.4. The number of aliphatic carboxylic acids is 1. The first-order valence-corrected chi connectivity index (χ1v) is 11.3. The number of benzene rings is 1. The molecule has 3 N–H and O–H groups in total. The van der Waals surface area contributed by atoms with E-state index in [9.17, 15) is 13.2 Å². The average Bonchev–Trinajstić information content (AvgIpc) is 3.21. The number of nitrogen functional groups attached to an aromatic ring is 1. The molecule has 0 atom stereocenters. The Hall–Kier alpha value is -2.20. The molecule has 0 spiro atoms. The molecule has 0 unspecified atom stereocenters. The van der Waals surface area contributed by atoms with Crippen molar-refractivity contribution in [3.8, 4) is 10.6 Å². The van der Waals surface area contributed by atoms with Gasteiger partial charge in [-0.1, -0.05) is 54.9 Å². The van der Waals surface area contributed by atoms with E-state index in [2.05, 4.69) is 39.4 Å². The van der Waals surface area contributed by atoms with Gasteiger partial charge in [-0.25, -0.2) is 4.79 Å². The van der Waals surface area contributed by atoms with Crippen LogP contribution < -0.4 is 5.73 Å². The van der Waals surface area contributed by atoms with Gasteiger partial charge in [0.15, 0.2) is 0 Å². The summed E-state index contributed by atoms with van der Waals surface area (Å²) in [5, 5.41) is 16.6. The molecule has 31 heavy (non-hydrogen) atoms. The summed E-state index contributed by atoms with van der Waals surface area (Å²) in [6, 6.07) is 9.75. The van der Waals surface area contributed by atoms with Crippen LogP contribution >= 0.6 is 11.3 Å². The van der Waals surface area contributed by atoms with E-state index in [0.717, 1.165) is 16.6 Å². The molecule has 2 aromatic rings. The largest absolute Gasteiger partial charge is 0.490 e. The Bertz CT molecular complexity index is 843. The molecule has 1 aliphatic heterocycles. The summed E-state index contributed by atoms with van der Waals surface area (Å²) in [6.07, 6.45) is 4.65. The number of carboxylic acids is 1. The van der Waals surface area contributed by atoms with Gasteiger partial charge in [-0.15, -0.1) is 10.2 Å². The molecule has 2 aliphatic rings. The van der Waals surface area contributed by atoms with Gasteiger partial charge in [0.1, 0.15) is 5.01 Å². The molecule has 4 rings (SSSR count). The summed E-state index contributed by atoms with van der Waals surface area (Å²) in [5.41, 5.74) is 8.27. The number of likely N-dealkylation sites (tertiary alicyclic amines) is 1. The molecule has 10 heteroatoms. The van der Waals surface area contributed by atoms with Gasteiger partial charge in [0.2, 0.25) is 5.13 Å². The van der Waals surface area contributed by atoms with Crippen molar-refractivity contribution in [3.05, 3.63) is 29.8 Å². The lowest BCUT2D eigenvalue weighted by Crippen LogP contribution is -2.41. The summed E-state index contributed by atoms with van der Waals surface area (Å²) in [4.78, 5) is 11.7. The van der Waals surface area contributed by atoms with Crippen molar-refractivity contribution in [2.75, 3.05) is 18.8 Å². The minimum absolute atomic E-state index is 0.532. The monoisotopic (exact) mass is 456 g/mol. The number of halogens is 3. The number of nitrogens with two attached hydrogens (primary N) is 1. The van der Waals surface area contributed by atoms with Gasteiger partial charge < -0.3 is 15.7 Å². The molecule has 1 saturated heterocycles. The lowest BCUT2D eigenvalue weighted by molar-refractivity contribution is -0.192. The summed E-state index contributed by atoms with van der Waals surface area (Å²) in [5.74, 6) is -2.05. The zero-order valence-electron chi connectivity index (χ0n) is 17.1. The van der Waals surface area contributed by atoms with E-state index in [1.165, 1.54) is 74.9 Å². The fourth-order valence-corrected chi connectivity index (χ4v) is 4.91. The third-order valence-electron chi connectivity index (χ3n) is 5.93. The van der Waals surface area contributed by atoms with Crippen molar-refractivity contribution >= 4 is 22.4 Å². The highest BCUT2D eigenvalue weighted by Crippen LogP contribution is 2.33. The maximum Gasteiger partial charge on any atom is 0.490 e. The molecular formula is C21H27F3N4O2S. The first kappa shape index (κ1) is 23.5. The van der Waals surface area contributed by atoms with E-state index in [1.807, 2.05) is 0 Å². The minimum Gasteiger partial charge on any atom is -0.475 e. The second-order valence-electron chi connectivity index (χ2n) is 7.97. The molecule has 6 nitrogen and oxygen atoms in total. The predicted molar refractivity (Wildman–Crippen MR) is 114 cm³/mol. The lowest BCUT2D eigenvalue weighted by atomic mass is 9.86. The van der Waals surface area contributed by atoms with Gasteiger partial charge in [-0.3, -0.25) is 0 Å². The predicted octanol–water partition coefficient (Wildman–Crippen LogP) is 4.93. The van der Waals surface area contributed by atoms with E-state index in [-0.39, 0.29) is 0 Å². The number of aromatic nitrogens is 2. The molecule has 1 saturated carbocycles. The number of hydrogen-bond donors (Lipinski definition) is 2. The number of nitrogens with zero attached hydrogens (tertiary/aromatic N) is 3. The Morgan fingerprint density at radius 2 is 1.61 bits per heavy atom. The SMILES string of the molecule is Nc1nnc(-c2ccc(C3CCN(C4CCCCC4)CC3)cc2)s1.O=C(O)C(F)(F)F. The maximum absolute atomic E-state index is 10.6. The summed E-state index contributed by atoms with van der Waals surface area (Å²) in [6.45, 7) is 2.54. The van der Waals surface area contributed by atoms with Crippen molar-refractivity contribution in [2.45, 2.75) is 63.1 Å². The molecule has 1 aromatic carbocycles. The standard InChI is InChI=1S/C19H26N4S.C2HF3O2/c20-19-22-21-18(24-19)16-8-6-14(7-9-16)15-10-12-23(13-11-15)17-4-2-1-3-5-17;3-2(4,5)1(6)7/h6-9,15,17H,1-5,10-13H2,(H2,20,22);(H,6,7). The van der Waals surface area contributed by atoms with Gasteiger partial charge in [-0.2, -0.15) is 13.2 Å². The smallest absolute Gasteiger partial charge is 0.475 e. The Kier molecular flexibility index (Phi) is 7.88. The fraction of sp³-hybridized carbons (Fsp3) is 0.571. The van der Waals surface area contributed by atoms with E-state index >= 15 is 0 Å². The van der Waals surface area contributed by atoms with E-state index in [0.29, 0.717) is 11.0 Å². The molecule has 0 amide bonds. The van der Waals surface area contributed by atoms with Crippen molar-refractivity contribution in [1.29, 1.82) is 0 Å². The molecule has 1 aromatic heterocycles. The molecule has 1 aliphatic carbocycles. The van der Waals surface area contributed by atoms with Crippen molar-refractivity contribution in [3.63, 3.8) is 0 Å². The van der Waals surface area contributed by atoms with Gasteiger partial charge in [0, 0.05) is 11.6 Å². The molecular weight excluding hydrogens is 429 g/mol. The summed E-state index contributed by atoms with van der Waals surface area (Å²) >= 11 is 1.45. The van der Waals surface area contributed by atoms with Crippen LogP contribution in [0.15, 0.2) is 24.3 Å². The van der Waals surface area contributed by atoms with Gasteiger partial charge >= 0.3 is 12.1 Å². The number of alkyl halides is 3. The van der Waals surface area contributed by atoms with Crippen LogP contribution in [0.1, 0.15) is 56.4 Å². The summed E-state index contributed by atoms with van der Waals surface area (Å²) in [7, 11) is 0. The van der Waals surface area contributed by atoms with E-state index < -0.39 is 12.1 Å². The van der Waals surface area contributed by atoms with Gasteiger partial charge in [0.25, 0.3) is 0 Å². The first-order chi connectivity index (χ1) is 14.7. The highest BCUT2D eigenvalue weighted by atomic mass is 32.1. The van der Waals surface area contributed by atoms with Gasteiger partial charge in [-0.05, 0) is 50.3 Å². The number of hydrogen-bond acceptors (Lipinski definition) is 6. The number of rotatable bonds is 3. The van der Waals surface area contributed by atoms with Gasteiger partial charge in [0.05, 0.1) is 0 Å². The van der Waals surface area contributed by atoms with Crippen LogP contribution in [-0.2, 0) is 4.79 Å². The van der Waals surface area contributed by atoms with Crippen LogP contribution in [0.3, 0.4) is 0 Å². The topological polar surface area (TPSA) is 92.3 Å². The Morgan fingerprint density at radius 1 is 1.03 bits per heavy atom. The quantitative estimate of drug-likeness (QED) is 0.680. The Morgan fingerprint density at radius 3 is 2.10 bits per heavy atom. The molecule has 2 heterocycles. The van der Waals surface area contributed by atoms with Crippen LogP contribution in [-0.4, -0.2) is 51.5 Å². The van der Waals surface area contributed by atoms with E-state index in [4.69, 9.17) is 15.6 Å². The Balaban J connectivity index is 0.000000339. The fourth-order valence-electron chi connectivity index (χ4n) is 4.29. The maximum atomic E-state index is 10.6. The van der Waals surface area contributed by atoms with Crippen LogP contribution in [0.4, 0.5) is 18.3 Å². The van der Waals surface area contributed by atoms with Crippen molar-refractivity contribution < 1.29 is 23.1 Å². The number of carboxylic acid groups (broad SMARTS) is 1. The number of anilines is 1. The summed E-state index contributed by atoms with van der Waals surface area (Å²) < 4.78 is 31.7. The molecule has 170 valence electrons. The highest BCUT2D eigenvalue weighted by molar-refractivity contribution is 7.18. The third-order valence-corrected chi connectivity index (χ3v) is 6.73. The molecule has 0 bridgehead atoms. The zero-order valence-corrected chi connectivity index (χ0v) is 18.0. The third kappa shape index (κ3) is 6.64. The zero-order chi connectivity index (χ0) is 22.4. The highest BCUT2D eigenvalue weighted by Gasteiger charge is 2.38. The minimum atomic E-state index is -5.08. The van der Waals surface area contributed by atoms with Crippen molar-refractivity contribution in [2.24, 2.45) is 0 Å². The number of carbonyl (C=O) groups is 1. The lowest BCUT2D eigenvalue weighted by Gasteiger charge is -2.39. The first-order valence-electron chi connectivity index (χ1n) is 10.5. The van der Waals surface area contributed by atoms with Crippen molar-refractivity contribution in [1.82, 2.24) is 15.1 Å². The molecule has 0 radical (unpaired) electrons. The van der Waals surface area contributed by atoms with Crippen LogP contribution in [0, 0.1) is 0 Å². The van der Waals surface area contributed by atoms with E-state index in [1.54, 1.807) is 0 Å². The van der Waals surface area contributed by atoms with Crippen LogP contribution in [0.2, 0.25) is 0 Å². The Labute approximate surface area is 183 Å². The molecule has 2 fully saturated rings. The normalized spacial score (nSPS) is 18.9. The van der Waals surface area contributed by atoms with Crippen LogP contribution in [0.25, 0.3) is 10.6 Å².